The standard InChI is InChI=1S/C16H20N4O2/c1-22-12-2-3-14-13(10-12)15(18-17-14)16(21)20-9-8-19-6-4-11(20)5-7-19/h2-3,10-11H,4-9H2,1H3,(H,17,18). The maximum absolute atomic E-state index is 13.0. The normalized spacial score (nSPS) is 24.5. The van der Waals surface area contributed by atoms with E-state index in [1.54, 1.807) is 7.11 Å². The molecular weight excluding hydrogens is 280 g/mol. The molecule has 0 saturated carbocycles. The molecule has 2 bridgehead atoms. The average molecular weight is 300 g/mol. The fourth-order valence-corrected chi connectivity index (χ4v) is 3.57. The molecule has 4 heterocycles. The summed E-state index contributed by atoms with van der Waals surface area (Å²) in [5.41, 5.74) is 1.38. The number of nitrogens with zero attached hydrogens (tertiary/aromatic N) is 3. The number of amides is 1. The monoisotopic (exact) mass is 300 g/mol. The van der Waals surface area contributed by atoms with Crippen LogP contribution < -0.4 is 4.74 Å². The number of benzene rings is 1. The maximum atomic E-state index is 13.0. The van der Waals surface area contributed by atoms with Crippen LogP contribution in [0.1, 0.15) is 23.3 Å². The van der Waals surface area contributed by atoms with Gasteiger partial charge in [-0.25, -0.2) is 0 Å². The molecule has 0 atom stereocenters. The Kier molecular flexibility index (Phi) is 3.26. The van der Waals surface area contributed by atoms with Gasteiger partial charge in [0.15, 0.2) is 5.69 Å². The number of carbonyl (C=O) groups is 1. The van der Waals surface area contributed by atoms with E-state index >= 15 is 0 Å². The summed E-state index contributed by atoms with van der Waals surface area (Å²) in [5, 5.41) is 8.06. The Balaban J connectivity index is 1.70. The van der Waals surface area contributed by atoms with Gasteiger partial charge in [0, 0.05) is 37.6 Å². The number of fused-ring (bicyclic) bond motifs is 5. The van der Waals surface area contributed by atoms with Crippen LogP contribution >= 0.6 is 0 Å². The third-order valence-corrected chi connectivity index (χ3v) is 4.89. The van der Waals surface area contributed by atoms with Crippen molar-refractivity contribution in [1.82, 2.24) is 20.0 Å². The highest BCUT2D eigenvalue weighted by atomic mass is 16.5. The van der Waals surface area contributed by atoms with E-state index in [1.807, 2.05) is 23.1 Å². The van der Waals surface area contributed by atoms with Crippen molar-refractivity contribution in [3.8, 4) is 5.75 Å². The molecule has 6 nitrogen and oxygen atoms in total. The van der Waals surface area contributed by atoms with Gasteiger partial charge >= 0.3 is 0 Å². The lowest BCUT2D eigenvalue weighted by molar-refractivity contribution is 0.0681. The fraction of sp³-hybridized carbons (Fsp3) is 0.500. The van der Waals surface area contributed by atoms with Crippen molar-refractivity contribution in [2.75, 3.05) is 33.3 Å². The predicted molar refractivity (Wildman–Crippen MR) is 83.1 cm³/mol. The molecular formula is C16H20N4O2. The molecule has 0 unspecified atom stereocenters. The molecule has 1 aromatic carbocycles. The number of hydrogen-bond acceptors (Lipinski definition) is 4. The van der Waals surface area contributed by atoms with Crippen LogP contribution in [0.15, 0.2) is 18.2 Å². The van der Waals surface area contributed by atoms with Crippen LogP contribution in [0, 0.1) is 0 Å². The minimum absolute atomic E-state index is 0.0354. The summed E-state index contributed by atoms with van der Waals surface area (Å²) < 4.78 is 5.27. The number of rotatable bonds is 2. The molecule has 5 rings (SSSR count). The van der Waals surface area contributed by atoms with E-state index < -0.39 is 0 Å². The third kappa shape index (κ3) is 2.14. The molecule has 0 aliphatic carbocycles. The topological polar surface area (TPSA) is 61.5 Å². The van der Waals surface area contributed by atoms with Crippen molar-refractivity contribution in [1.29, 1.82) is 0 Å². The summed E-state index contributed by atoms with van der Waals surface area (Å²) in [7, 11) is 1.63. The van der Waals surface area contributed by atoms with Gasteiger partial charge in [0.25, 0.3) is 5.91 Å². The van der Waals surface area contributed by atoms with Crippen LogP contribution in [0.4, 0.5) is 0 Å². The largest absolute Gasteiger partial charge is 0.497 e. The Labute approximate surface area is 129 Å². The first-order chi connectivity index (χ1) is 10.8. The van der Waals surface area contributed by atoms with Crippen molar-refractivity contribution in [3.63, 3.8) is 0 Å². The number of aromatic nitrogens is 2. The van der Waals surface area contributed by atoms with Crippen LogP contribution in [0.5, 0.6) is 5.75 Å². The van der Waals surface area contributed by atoms with E-state index in [1.165, 1.54) is 0 Å². The minimum atomic E-state index is 0.0354. The van der Waals surface area contributed by atoms with Gasteiger partial charge in [-0.15, -0.1) is 0 Å². The molecule has 3 fully saturated rings. The second kappa shape index (κ2) is 5.28. The number of hydrogen-bond donors (Lipinski definition) is 1. The van der Waals surface area contributed by atoms with Crippen LogP contribution in [-0.2, 0) is 0 Å². The number of methoxy groups -OCH3 is 1. The first-order valence-corrected chi connectivity index (χ1v) is 7.81. The lowest BCUT2D eigenvalue weighted by Gasteiger charge is -2.31. The Bertz CT molecular complexity index is 703. The van der Waals surface area contributed by atoms with Crippen molar-refractivity contribution in [2.24, 2.45) is 0 Å². The van der Waals surface area contributed by atoms with Gasteiger partial charge in [0.05, 0.1) is 12.6 Å². The van der Waals surface area contributed by atoms with Crippen molar-refractivity contribution < 1.29 is 9.53 Å². The van der Waals surface area contributed by atoms with Gasteiger partial charge in [0.2, 0.25) is 0 Å². The summed E-state index contributed by atoms with van der Waals surface area (Å²) in [4.78, 5) is 17.5. The van der Waals surface area contributed by atoms with E-state index in [4.69, 9.17) is 4.74 Å². The molecule has 2 aromatic rings. The average Bonchev–Trinajstić information content (AvgIpc) is 2.74. The molecule has 22 heavy (non-hydrogen) atoms. The second-order valence-corrected chi connectivity index (χ2v) is 6.06. The Morgan fingerprint density at radius 2 is 2.09 bits per heavy atom. The highest BCUT2D eigenvalue weighted by Crippen LogP contribution is 2.26. The summed E-state index contributed by atoms with van der Waals surface area (Å²) in [6.07, 6.45) is 2.13. The van der Waals surface area contributed by atoms with E-state index in [9.17, 15) is 4.79 Å². The van der Waals surface area contributed by atoms with Crippen LogP contribution in [0.2, 0.25) is 0 Å². The van der Waals surface area contributed by atoms with Crippen molar-refractivity contribution >= 4 is 16.8 Å². The second-order valence-electron chi connectivity index (χ2n) is 6.06. The number of carbonyl (C=O) groups excluding carboxylic acids is 1. The quantitative estimate of drug-likeness (QED) is 0.913. The molecule has 1 N–H and O–H groups in total. The van der Waals surface area contributed by atoms with Gasteiger partial charge in [0.1, 0.15) is 5.75 Å². The summed E-state index contributed by atoms with van der Waals surface area (Å²) in [6.45, 7) is 3.96. The first-order valence-electron chi connectivity index (χ1n) is 7.81. The highest BCUT2D eigenvalue weighted by molar-refractivity contribution is 6.05. The fourth-order valence-electron chi connectivity index (χ4n) is 3.57. The predicted octanol–water partition coefficient (Wildman–Crippen LogP) is 1.49. The van der Waals surface area contributed by atoms with Crippen LogP contribution in [0.25, 0.3) is 10.9 Å². The first kappa shape index (κ1) is 13.6. The number of aromatic amines is 1. The van der Waals surface area contributed by atoms with Gasteiger partial charge in [-0.1, -0.05) is 0 Å². The van der Waals surface area contributed by atoms with E-state index in [-0.39, 0.29) is 5.91 Å². The van der Waals surface area contributed by atoms with Crippen LogP contribution in [0.3, 0.4) is 0 Å². The summed E-state index contributed by atoms with van der Waals surface area (Å²) >= 11 is 0. The number of piperidine rings is 1. The molecule has 1 amide bonds. The molecule has 0 radical (unpaired) electrons. The minimum Gasteiger partial charge on any atom is -0.497 e. The van der Waals surface area contributed by atoms with Gasteiger partial charge in [-0.05, 0) is 31.0 Å². The Hall–Kier alpha value is -2.08. The zero-order valence-corrected chi connectivity index (χ0v) is 12.7. The Morgan fingerprint density at radius 3 is 2.86 bits per heavy atom. The van der Waals surface area contributed by atoms with E-state index in [0.717, 1.165) is 55.7 Å². The third-order valence-electron chi connectivity index (χ3n) is 4.89. The SMILES string of the molecule is COc1ccc2[nH]nc(C(=O)N3CCN4CCC3CC4)c2c1. The van der Waals surface area contributed by atoms with Gasteiger partial charge in [-0.3, -0.25) is 9.89 Å². The zero-order valence-electron chi connectivity index (χ0n) is 12.7. The number of nitrogens with one attached hydrogen (secondary N) is 1. The smallest absolute Gasteiger partial charge is 0.275 e. The molecule has 3 aliphatic rings. The van der Waals surface area contributed by atoms with Crippen LogP contribution in [-0.4, -0.2) is 65.2 Å². The van der Waals surface area contributed by atoms with Crippen molar-refractivity contribution in [2.45, 2.75) is 18.9 Å². The highest BCUT2D eigenvalue weighted by Gasteiger charge is 2.33. The summed E-state index contributed by atoms with van der Waals surface area (Å²) in [5.74, 6) is 0.777. The summed E-state index contributed by atoms with van der Waals surface area (Å²) in [6, 6.07) is 6.00. The van der Waals surface area contributed by atoms with Gasteiger partial charge < -0.3 is 14.5 Å². The lowest BCUT2D eigenvalue weighted by Crippen LogP contribution is -2.41. The number of H-pyrrole nitrogens is 1. The van der Waals surface area contributed by atoms with Crippen molar-refractivity contribution in [3.05, 3.63) is 23.9 Å². The number of ether oxygens (including phenoxy) is 1. The molecule has 3 aliphatic heterocycles. The Morgan fingerprint density at radius 1 is 1.27 bits per heavy atom. The van der Waals surface area contributed by atoms with E-state index in [2.05, 4.69) is 15.1 Å². The zero-order chi connectivity index (χ0) is 15.1. The molecule has 3 saturated heterocycles. The molecule has 0 spiro atoms. The van der Waals surface area contributed by atoms with Gasteiger partial charge in [-0.2, -0.15) is 5.10 Å². The van der Waals surface area contributed by atoms with E-state index in [0.29, 0.717) is 11.7 Å². The molecule has 116 valence electrons. The maximum Gasteiger partial charge on any atom is 0.275 e. The molecule has 6 heteroatoms. The molecule has 1 aromatic heterocycles. The lowest BCUT2D eigenvalue weighted by atomic mass is 10.0.